The Hall–Kier alpha value is -0.860. The molecule has 2 rings (SSSR count). The van der Waals surface area contributed by atoms with E-state index in [1.807, 2.05) is 13.8 Å². The molecule has 0 radical (unpaired) electrons. The van der Waals surface area contributed by atoms with Gasteiger partial charge in [0.2, 0.25) is 0 Å². The summed E-state index contributed by atoms with van der Waals surface area (Å²) in [6.45, 7) is 5.17. The molecule has 1 aliphatic heterocycles. The molecule has 1 aromatic heterocycles. The Labute approximate surface area is 123 Å². The highest BCUT2D eigenvalue weighted by Gasteiger charge is 2.31. The summed E-state index contributed by atoms with van der Waals surface area (Å²) in [4.78, 5) is 0.144. The largest absolute Gasteiger partial charge is 0.382 e. The van der Waals surface area contributed by atoms with Crippen LogP contribution in [0.25, 0.3) is 0 Å². The molecule has 0 aliphatic carbocycles. The summed E-state index contributed by atoms with van der Waals surface area (Å²) < 4.78 is 34.1. The number of sulfone groups is 1. The highest BCUT2D eigenvalue weighted by Crippen LogP contribution is 2.34. The van der Waals surface area contributed by atoms with Crippen LogP contribution in [0.15, 0.2) is 4.90 Å². The van der Waals surface area contributed by atoms with Gasteiger partial charge in [-0.1, -0.05) is 6.92 Å². The first-order chi connectivity index (χ1) is 9.38. The summed E-state index contributed by atoms with van der Waals surface area (Å²) in [5, 5.41) is 3.67. The van der Waals surface area contributed by atoms with Crippen molar-refractivity contribution >= 4 is 32.2 Å². The molecule has 20 heavy (non-hydrogen) atoms. The molecule has 1 aromatic rings. The number of aromatic nitrogens is 1. The third-order valence-corrected chi connectivity index (χ3v) is 6.31. The summed E-state index contributed by atoms with van der Waals surface area (Å²) in [5.74, 6) is 0.168. The number of nitrogen functional groups attached to an aromatic ring is 1. The van der Waals surface area contributed by atoms with Gasteiger partial charge >= 0.3 is 0 Å². The molecule has 2 heterocycles. The van der Waals surface area contributed by atoms with E-state index in [0.717, 1.165) is 31.0 Å². The van der Waals surface area contributed by atoms with Crippen molar-refractivity contribution in [1.29, 1.82) is 0 Å². The first-order valence-corrected chi connectivity index (χ1v) is 9.16. The molecule has 0 spiro atoms. The maximum Gasteiger partial charge on any atom is 0.185 e. The molecule has 6 nitrogen and oxygen atoms in total. The van der Waals surface area contributed by atoms with Gasteiger partial charge in [0.25, 0.3) is 0 Å². The Morgan fingerprint density at radius 2 is 2.30 bits per heavy atom. The van der Waals surface area contributed by atoms with Crippen LogP contribution in [0.3, 0.4) is 0 Å². The van der Waals surface area contributed by atoms with Crippen LogP contribution < -0.4 is 11.1 Å². The standard InChI is InChI=1S/C12H21N3O3S2/c1-3-7-20(16,17)9-10(13)15-19-11(9)14-8-12(2)5-4-6-18-12/h14H,3-8H2,1-2H3,(H2,13,15). The Morgan fingerprint density at radius 1 is 1.55 bits per heavy atom. The molecule has 1 unspecified atom stereocenters. The SMILES string of the molecule is CCCS(=O)(=O)c1c(N)nsc1NCC1(C)CCCO1. The lowest BCUT2D eigenvalue weighted by molar-refractivity contribution is 0.0315. The van der Waals surface area contributed by atoms with Gasteiger partial charge in [0.15, 0.2) is 15.7 Å². The van der Waals surface area contributed by atoms with Gasteiger partial charge < -0.3 is 15.8 Å². The van der Waals surface area contributed by atoms with Gasteiger partial charge in [-0.05, 0) is 37.7 Å². The van der Waals surface area contributed by atoms with E-state index in [0.29, 0.717) is 18.0 Å². The van der Waals surface area contributed by atoms with Crippen LogP contribution in [0.1, 0.15) is 33.1 Å². The van der Waals surface area contributed by atoms with Crippen LogP contribution in [0.2, 0.25) is 0 Å². The van der Waals surface area contributed by atoms with Crippen molar-refractivity contribution in [2.45, 2.75) is 43.6 Å². The van der Waals surface area contributed by atoms with E-state index in [1.165, 1.54) is 0 Å². The predicted octanol–water partition coefficient (Wildman–Crippen LogP) is 1.89. The topological polar surface area (TPSA) is 94.3 Å². The minimum absolute atomic E-state index is 0.0814. The van der Waals surface area contributed by atoms with Gasteiger partial charge in [-0.25, -0.2) is 8.42 Å². The number of rotatable bonds is 6. The molecule has 0 saturated carbocycles. The van der Waals surface area contributed by atoms with Crippen LogP contribution in [0, 0.1) is 0 Å². The van der Waals surface area contributed by atoms with Crippen LogP contribution in [-0.2, 0) is 14.6 Å². The van der Waals surface area contributed by atoms with Gasteiger partial charge in [-0.3, -0.25) is 0 Å². The maximum atomic E-state index is 12.2. The van der Waals surface area contributed by atoms with E-state index in [-0.39, 0.29) is 22.1 Å². The molecule has 1 aliphatic rings. The number of nitrogens with zero attached hydrogens (tertiary/aromatic N) is 1. The monoisotopic (exact) mass is 319 g/mol. The molecule has 0 bridgehead atoms. The van der Waals surface area contributed by atoms with E-state index in [1.54, 1.807) is 0 Å². The summed E-state index contributed by atoms with van der Waals surface area (Å²) in [6.07, 6.45) is 2.55. The molecule has 114 valence electrons. The first kappa shape index (κ1) is 15.5. The van der Waals surface area contributed by atoms with E-state index in [2.05, 4.69) is 9.69 Å². The molecule has 0 aromatic carbocycles. The summed E-state index contributed by atoms with van der Waals surface area (Å²) in [6, 6.07) is 0. The Morgan fingerprint density at radius 3 is 2.90 bits per heavy atom. The Balaban J connectivity index is 2.17. The number of anilines is 2. The second kappa shape index (κ2) is 5.87. The van der Waals surface area contributed by atoms with E-state index in [9.17, 15) is 8.42 Å². The number of ether oxygens (including phenoxy) is 1. The van der Waals surface area contributed by atoms with Gasteiger partial charge in [0.05, 0.1) is 11.4 Å². The summed E-state index contributed by atoms with van der Waals surface area (Å²) >= 11 is 1.09. The lowest BCUT2D eigenvalue weighted by atomic mass is 10.0. The normalized spacial score (nSPS) is 23.1. The minimum atomic E-state index is -3.37. The number of nitrogens with one attached hydrogen (secondary N) is 1. The minimum Gasteiger partial charge on any atom is -0.382 e. The number of hydrogen-bond acceptors (Lipinski definition) is 7. The Kier molecular flexibility index (Phi) is 4.55. The lowest BCUT2D eigenvalue weighted by Crippen LogP contribution is -2.32. The quantitative estimate of drug-likeness (QED) is 0.831. The lowest BCUT2D eigenvalue weighted by Gasteiger charge is -2.23. The zero-order valence-electron chi connectivity index (χ0n) is 11.8. The number of hydrogen-bond donors (Lipinski definition) is 2. The van der Waals surface area contributed by atoms with E-state index in [4.69, 9.17) is 10.5 Å². The van der Waals surface area contributed by atoms with Gasteiger partial charge in [0, 0.05) is 13.2 Å². The van der Waals surface area contributed by atoms with E-state index >= 15 is 0 Å². The van der Waals surface area contributed by atoms with E-state index < -0.39 is 9.84 Å². The van der Waals surface area contributed by atoms with Crippen molar-refractivity contribution in [2.24, 2.45) is 0 Å². The van der Waals surface area contributed by atoms with Crippen LogP contribution >= 0.6 is 11.5 Å². The first-order valence-electron chi connectivity index (χ1n) is 6.74. The van der Waals surface area contributed by atoms with Gasteiger partial charge in [-0.2, -0.15) is 4.37 Å². The smallest absolute Gasteiger partial charge is 0.185 e. The van der Waals surface area contributed by atoms with Crippen molar-refractivity contribution in [3.63, 3.8) is 0 Å². The third kappa shape index (κ3) is 3.24. The molecule has 1 fully saturated rings. The van der Waals surface area contributed by atoms with Crippen molar-refractivity contribution < 1.29 is 13.2 Å². The molecule has 1 atom stereocenters. The summed E-state index contributed by atoms with van der Waals surface area (Å²) in [5.41, 5.74) is 5.48. The predicted molar refractivity (Wildman–Crippen MR) is 81.0 cm³/mol. The van der Waals surface area contributed by atoms with Gasteiger partial charge in [-0.15, -0.1) is 0 Å². The van der Waals surface area contributed by atoms with Crippen LogP contribution in [0.5, 0.6) is 0 Å². The average Bonchev–Trinajstić information content (AvgIpc) is 2.94. The van der Waals surface area contributed by atoms with Crippen molar-refractivity contribution in [3.05, 3.63) is 0 Å². The fourth-order valence-corrected chi connectivity index (χ4v) is 4.94. The fraction of sp³-hybridized carbons (Fsp3) is 0.750. The summed E-state index contributed by atoms with van der Waals surface area (Å²) in [7, 11) is -3.37. The fourth-order valence-electron chi connectivity index (χ4n) is 2.32. The third-order valence-electron chi connectivity index (χ3n) is 3.38. The average molecular weight is 319 g/mol. The molecular weight excluding hydrogens is 298 g/mol. The highest BCUT2D eigenvalue weighted by atomic mass is 32.2. The zero-order valence-corrected chi connectivity index (χ0v) is 13.4. The van der Waals surface area contributed by atoms with Crippen molar-refractivity contribution in [3.8, 4) is 0 Å². The molecular formula is C12H21N3O3S2. The van der Waals surface area contributed by atoms with Crippen molar-refractivity contribution in [2.75, 3.05) is 30.0 Å². The van der Waals surface area contributed by atoms with Crippen molar-refractivity contribution in [1.82, 2.24) is 4.37 Å². The van der Waals surface area contributed by atoms with Gasteiger partial charge in [0.1, 0.15) is 9.90 Å². The Bertz CT molecular complexity index is 563. The zero-order chi connectivity index (χ0) is 14.8. The molecule has 0 amide bonds. The van der Waals surface area contributed by atoms with Crippen LogP contribution in [0.4, 0.5) is 10.8 Å². The van der Waals surface area contributed by atoms with Crippen LogP contribution in [-0.4, -0.2) is 37.3 Å². The second-order valence-electron chi connectivity index (χ2n) is 5.30. The molecule has 8 heteroatoms. The maximum absolute atomic E-state index is 12.2. The molecule has 1 saturated heterocycles. The number of nitrogens with two attached hydrogens (primary N) is 1. The highest BCUT2D eigenvalue weighted by molar-refractivity contribution is 7.91. The molecule has 3 N–H and O–H groups in total. The second-order valence-corrected chi connectivity index (χ2v) is 8.12.